The number of ether oxygens (including phenoxy) is 1. The summed E-state index contributed by atoms with van der Waals surface area (Å²) in [6, 6.07) is 1.57. The Kier molecular flexibility index (Phi) is 5.08. The van der Waals surface area contributed by atoms with E-state index in [1.807, 2.05) is 27.7 Å². The summed E-state index contributed by atoms with van der Waals surface area (Å²) in [7, 11) is 0. The Morgan fingerprint density at radius 3 is 2.70 bits per heavy atom. The highest BCUT2D eigenvalue weighted by Crippen LogP contribution is 2.30. The lowest BCUT2D eigenvalue weighted by atomic mass is 9.93. The fraction of sp³-hybridized carbons (Fsp3) is 0.550. The number of carbonyl (C=O) groups is 1. The smallest absolute Gasteiger partial charge is 0.410 e. The molecule has 0 spiro atoms. The number of aromatic nitrogens is 5. The first-order valence-electron chi connectivity index (χ1n) is 10.2. The topological polar surface area (TPSA) is 119 Å². The second-order valence-corrected chi connectivity index (χ2v) is 8.48. The van der Waals surface area contributed by atoms with Crippen molar-refractivity contribution in [3.63, 3.8) is 0 Å². The number of amides is 1. The second kappa shape index (κ2) is 7.58. The molecular formula is C20H26N6O4. The number of nitrogens with zero attached hydrogens (tertiary/aromatic N) is 5. The van der Waals surface area contributed by atoms with Crippen molar-refractivity contribution in [2.75, 3.05) is 13.1 Å². The van der Waals surface area contributed by atoms with Crippen molar-refractivity contribution < 1.29 is 14.1 Å². The molecule has 0 unspecified atom stereocenters. The van der Waals surface area contributed by atoms with Crippen molar-refractivity contribution in [2.24, 2.45) is 0 Å². The van der Waals surface area contributed by atoms with Gasteiger partial charge < -0.3 is 19.1 Å². The highest BCUT2D eigenvalue weighted by molar-refractivity contribution is 5.72. The van der Waals surface area contributed by atoms with Gasteiger partial charge in [-0.2, -0.15) is 10.1 Å². The van der Waals surface area contributed by atoms with E-state index in [0.717, 1.165) is 18.5 Å². The molecule has 0 atom stereocenters. The first kappa shape index (κ1) is 20.1. The molecule has 4 heterocycles. The summed E-state index contributed by atoms with van der Waals surface area (Å²) in [5.74, 6) is 1.02. The normalized spacial score (nSPS) is 15.7. The number of piperidine rings is 1. The van der Waals surface area contributed by atoms with Crippen LogP contribution in [0.3, 0.4) is 0 Å². The molecule has 10 nitrogen and oxygen atoms in total. The Morgan fingerprint density at radius 1 is 1.33 bits per heavy atom. The zero-order valence-electron chi connectivity index (χ0n) is 17.6. The molecule has 1 N–H and O–H groups in total. The molecule has 0 radical (unpaired) electrons. The van der Waals surface area contributed by atoms with E-state index in [4.69, 9.17) is 9.26 Å². The molecule has 160 valence electrons. The molecule has 1 fully saturated rings. The third-order valence-corrected chi connectivity index (χ3v) is 5.11. The van der Waals surface area contributed by atoms with Crippen LogP contribution in [0.5, 0.6) is 0 Å². The molecule has 0 saturated carbocycles. The maximum absolute atomic E-state index is 12.4. The van der Waals surface area contributed by atoms with Crippen molar-refractivity contribution >= 4 is 11.7 Å². The molecule has 30 heavy (non-hydrogen) atoms. The summed E-state index contributed by atoms with van der Waals surface area (Å²) >= 11 is 0. The fourth-order valence-electron chi connectivity index (χ4n) is 3.66. The third-order valence-electron chi connectivity index (χ3n) is 5.11. The largest absolute Gasteiger partial charge is 0.444 e. The highest BCUT2D eigenvalue weighted by atomic mass is 16.6. The Labute approximate surface area is 173 Å². The molecule has 3 aromatic heterocycles. The minimum atomic E-state index is -0.523. The number of aromatic amines is 1. The van der Waals surface area contributed by atoms with Gasteiger partial charge in [-0.25, -0.2) is 9.31 Å². The number of hydrogen-bond acceptors (Lipinski definition) is 7. The van der Waals surface area contributed by atoms with E-state index in [1.54, 1.807) is 21.7 Å². The SMILES string of the molecule is CCc1nc(-c2cnn3c(C4CCN(C(=O)OC(C)(C)C)CC4)cc(=O)[nH]c23)no1. The van der Waals surface area contributed by atoms with E-state index < -0.39 is 5.60 Å². The van der Waals surface area contributed by atoms with Gasteiger partial charge in [-0.15, -0.1) is 0 Å². The van der Waals surface area contributed by atoms with Crippen molar-refractivity contribution in [3.05, 3.63) is 34.2 Å². The molecule has 1 amide bonds. The van der Waals surface area contributed by atoms with Crippen molar-refractivity contribution in [2.45, 2.75) is 58.5 Å². The van der Waals surface area contributed by atoms with Gasteiger partial charge in [-0.3, -0.25) is 4.79 Å². The van der Waals surface area contributed by atoms with Gasteiger partial charge in [0.25, 0.3) is 5.56 Å². The maximum Gasteiger partial charge on any atom is 0.410 e. The lowest BCUT2D eigenvalue weighted by Gasteiger charge is -2.33. The Balaban J connectivity index is 1.58. The average molecular weight is 414 g/mol. The van der Waals surface area contributed by atoms with Crippen LogP contribution in [0, 0.1) is 0 Å². The Morgan fingerprint density at radius 2 is 2.07 bits per heavy atom. The number of likely N-dealkylation sites (tertiary alicyclic amines) is 1. The molecule has 1 aliphatic rings. The zero-order valence-corrected chi connectivity index (χ0v) is 17.6. The summed E-state index contributed by atoms with van der Waals surface area (Å²) in [4.78, 5) is 33.6. The highest BCUT2D eigenvalue weighted by Gasteiger charge is 2.29. The maximum atomic E-state index is 12.4. The van der Waals surface area contributed by atoms with Gasteiger partial charge in [0.1, 0.15) is 11.2 Å². The van der Waals surface area contributed by atoms with E-state index in [2.05, 4.69) is 20.2 Å². The molecule has 0 bridgehead atoms. The lowest BCUT2D eigenvalue weighted by Crippen LogP contribution is -2.41. The van der Waals surface area contributed by atoms with Gasteiger partial charge in [-0.05, 0) is 33.6 Å². The van der Waals surface area contributed by atoms with Gasteiger partial charge >= 0.3 is 6.09 Å². The number of fused-ring (bicyclic) bond motifs is 1. The molecule has 3 aromatic rings. The average Bonchev–Trinajstić information content (AvgIpc) is 3.32. The van der Waals surface area contributed by atoms with E-state index >= 15 is 0 Å². The minimum Gasteiger partial charge on any atom is -0.444 e. The van der Waals surface area contributed by atoms with Crippen LogP contribution in [-0.4, -0.2) is 54.4 Å². The number of H-pyrrole nitrogens is 1. The number of carbonyl (C=O) groups excluding carboxylic acids is 1. The van der Waals surface area contributed by atoms with Gasteiger partial charge in [0.15, 0.2) is 0 Å². The van der Waals surface area contributed by atoms with Crippen LogP contribution in [0.25, 0.3) is 17.0 Å². The molecule has 0 aliphatic carbocycles. The van der Waals surface area contributed by atoms with Gasteiger partial charge in [-0.1, -0.05) is 12.1 Å². The van der Waals surface area contributed by atoms with Crippen molar-refractivity contribution in [1.29, 1.82) is 0 Å². The number of rotatable bonds is 3. The van der Waals surface area contributed by atoms with Crippen molar-refractivity contribution in [1.82, 2.24) is 29.6 Å². The quantitative estimate of drug-likeness (QED) is 0.700. The summed E-state index contributed by atoms with van der Waals surface area (Å²) in [5.41, 5.74) is 1.22. The van der Waals surface area contributed by atoms with Crippen LogP contribution in [0.4, 0.5) is 4.79 Å². The second-order valence-electron chi connectivity index (χ2n) is 8.48. The monoisotopic (exact) mass is 414 g/mol. The van der Waals surface area contributed by atoms with Crippen LogP contribution >= 0.6 is 0 Å². The predicted octanol–water partition coefficient (Wildman–Crippen LogP) is 2.75. The Hall–Kier alpha value is -3.17. The summed E-state index contributed by atoms with van der Waals surface area (Å²) in [5, 5.41) is 8.46. The number of aryl methyl sites for hydroxylation is 1. The zero-order chi connectivity index (χ0) is 21.5. The van der Waals surface area contributed by atoms with Gasteiger partial charge in [0.05, 0.1) is 17.5 Å². The Bertz CT molecular complexity index is 1110. The lowest BCUT2D eigenvalue weighted by molar-refractivity contribution is 0.0203. The van der Waals surface area contributed by atoms with Gasteiger partial charge in [0, 0.05) is 31.5 Å². The molecule has 10 heteroatoms. The van der Waals surface area contributed by atoms with E-state index in [-0.39, 0.29) is 17.6 Å². The van der Waals surface area contributed by atoms with E-state index in [1.165, 1.54) is 0 Å². The molecule has 0 aromatic carbocycles. The third kappa shape index (κ3) is 3.94. The standard InChI is InChI=1S/C20H26N6O4/c1-5-16-23-17(24-30-16)13-11-21-26-14(10-15(27)22-18(13)26)12-6-8-25(9-7-12)19(28)29-20(2,3)4/h10-12H,5-9H2,1-4H3,(H,22,27). The van der Waals surface area contributed by atoms with E-state index in [9.17, 15) is 9.59 Å². The number of hydrogen-bond donors (Lipinski definition) is 1. The summed E-state index contributed by atoms with van der Waals surface area (Å²) < 4.78 is 12.4. The predicted molar refractivity (Wildman–Crippen MR) is 108 cm³/mol. The summed E-state index contributed by atoms with van der Waals surface area (Å²) in [6.45, 7) is 8.61. The van der Waals surface area contributed by atoms with Crippen LogP contribution in [0.15, 0.2) is 21.6 Å². The molecular weight excluding hydrogens is 388 g/mol. The van der Waals surface area contributed by atoms with E-state index in [0.29, 0.717) is 42.4 Å². The van der Waals surface area contributed by atoms with Crippen LogP contribution in [0.2, 0.25) is 0 Å². The van der Waals surface area contributed by atoms with Crippen LogP contribution < -0.4 is 5.56 Å². The van der Waals surface area contributed by atoms with Crippen LogP contribution in [0.1, 0.15) is 58.0 Å². The fourth-order valence-corrected chi connectivity index (χ4v) is 3.66. The minimum absolute atomic E-state index is 0.0951. The summed E-state index contributed by atoms with van der Waals surface area (Å²) in [6.07, 6.45) is 3.39. The van der Waals surface area contributed by atoms with Crippen molar-refractivity contribution in [3.8, 4) is 11.4 Å². The first-order valence-corrected chi connectivity index (χ1v) is 10.2. The molecule has 1 aliphatic heterocycles. The first-order chi connectivity index (χ1) is 14.2. The molecule has 4 rings (SSSR count). The molecule has 1 saturated heterocycles. The number of nitrogens with one attached hydrogen (secondary N) is 1. The van der Waals surface area contributed by atoms with Crippen LogP contribution in [-0.2, 0) is 11.2 Å². The van der Waals surface area contributed by atoms with Gasteiger partial charge in [0.2, 0.25) is 11.7 Å².